The standard InChI is InChI=1S/C14H16BrNO/c1-11-4-3-7-16(10-11)14(17)9-12-5-2-6-13(15)8-12/h2-6,8,11H,7,9-10H2,1H3. The van der Waals surface area contributed by atoms with E-state index in [1.165, 1.54) is 0 Å². The first kappa shape index (κ1) is 12.4. The topological polar surface area (TPSA) is 20.3 Å². The Kier molecular flexibility index (Phi) is 4.00. The highest BCUT2D eigenvalue weighted by Gasteiger charge is 2.17. The monoisotopic (exact) mass is 293 g/mol. The third kappa shape index (κ3) is 3.43. The van der Waals surface area contributed by atoms with Gasteiger partial charge in [0.2, 0.25) is 5.91 Å². The number of carbonyl (C=O) groups excluding carboxylic acids is 1. The minimum atomic E-state index is 0.208. The van der Waals surface area contributed by atoms with Gasteiger partial charge in [0.05, 0.1) is 6.42 Å². The van der Waals surface area contributed by atoms with Crippen molar-refractivity contribution >= 4 is 21.8 Å². The van der Waals surface area contributed by atoms with E-state index in [9.17, 15) is 4.79 Å². The number of carbonyl (C=O) groups is 1. The van der Waals surface area contributed by atoms with Gasteiger partial charge in [-0.3, -0.25) is 4.79 Å². The summed E-state index contributed by atoms with van der Waals surface area (Å²) in [6.45, 7) is 3.72. The summed E-state index contributed by atoms with van der Waals surface area (Å²) in [6, 6.07) is 7.93. The van der Waals surface area contributed by atoms with Crippen molar-refractivity contribution in [1.29, 1.82) is 0 Å². The predicted octanol–water partition coefficient (Wildman–Crippen LogP) is 3.03. The van der Waals surface area contributed by atoms with Crippen LogP contribution in [-0.4, -0.2) is 23.9 Å². The molecule has 0 aromatic heterocycles. The third-order valence-corrected chi connectivity index (χ3v) is 3.39. The number of halogens is 1. The van der Waals surface area contributed by atoms with E-state index in [0.29, 0.717) is 12.3 Å². The quantitative estimate of drug-likeness (QED) is 0.768. The molecule has 17 heavy (non-hydrogen) atoms. The summed E-state index contributed by atoms with van der Waals surface area (Å²) >= 11 is 3.42. The number of hydrogen-bond acceptors (Lipinski definition) is 1. The van der Waals surface area contributed by atoms with Gasteiger partial charge in [-0.25, -0.2) is 0 Å². The number of nitrogens with zero attached hydrogens (tertiary/aromatic N) is 1. The maximum Gasteiger partial charge on any atom is 0.227 e. The van der Waals surface area contributed by atoms with Crippen molar-refractivity contribution in [1.82, 2.24) is 4.90 Å². The molecule has 2 nitrogen and oxygen atoms in total. The van der Waals surface area contributed by atoms with Crippen molar-refractivity contribution < 1.29 is 4.79 Å². The van der Waals surface area contributed by atoms with E-state index in [-0.39, 0.29) is 5.91 Å². The van der Waals surface area contributed by atoms with E-state index < -0.39 is 0 Å². The van der Waals surface area contributed by atoms with Gasteiger partial charge in [-0.2, -0.15) is 0 Å². The first-order valence-corrected chi connectivity index (χ1v) is 6.63. The fraction of sp³-hybridized carbons (Fsp3) is 0.357. The Balaban J connectivity index is 2.00. The van der Waals surface area contributed by atoms with Gasteiger partial charge in [0, 0.05) is 17.6 Å². The van der Waals surface area contributed by atoms with Gasteiger partial charge >= 0.3 is 0 Å². The van der Waals surface area contributed by atoms with Crippen molar-refractivity contribution in [2.75, 3.05) is 13.1 Å². The maximum absolute atomic E-state index is 12.1. The largest absolute Gasteiger partial charge is 0.338 e. The normalized spacial score (nSPS) is 19.4. The van der Waals surface area contributed by atoms with Crippen LogP contribution in [0.2, 0.25) is 0 Å². The number of amides is 1. The van der Waals surface area contributed by atoms with Crippen LogP contribution in [0.1, 0.15) is 12.5 Å². The molecule has 1 atom stereocenters. The second kappa shape index (κ2) is 5.50. The Morgan fingerprint density at radius 3 is 3.06 bits per heavy atom. The van der Waals surface area contributed by atoms with Crippen LogP contribution in [0, 0.1) is 5.92 Å². The summed E-state index contributed by atoms with van der Waals surface area (Å²) < 4.78 is 1.02. The molecule has 0 spiro atoms. The van der Waals surface area contributed by atoms with Gasteiger partial charge in [0.25, 0.3) is 0 Å². The Morgan fingerprint density at radius 1 is 1.53 bits per heavy atom. The van der Waals surface area contributed by atoms with Crippen LogP contribution in [-0.2, 0) is 11.2 Å². The molecular formula is C14H16BrNO. The lowest BCUT2D eigenvalue weighted by Crippen LogP contribution is -2.37. The SMILES string of the molecule is CC1C=CCN(C(=O)Cc2cccc(Br)c2)C1. The molecule has 0 fully saturated rings. The molecule has 2 rings (SSSR count). The molecule has 1 heterocycles. The van der Waals surface area contributed by atoms with Gasteiger partial charge in [0.15, 0.2) is 0 Å². The summed E-state index contributed by atoms with van der Waals surface area (Å²) in [5.74, 6) is 0.675. The van der Waals surface area contributed by atoms with Crippen LogP contribution in [0.4, 0.5) is 0 Å². The molecule has 1 unspecified atom stereocenters. The van der Waals surface area contributed by atoms with E-state index in [1.807, 2.05) is 29.2 Å². The van der Waals surface area contributed by atoms with Crippen LogP contribution < -0.4 is 0 Å². The molecule has 0 saturated heterocycles. The van der Waals surface area contributed by atoms with E-state index in [4.69, 9.17) is 0 Å². The molecule has 1 aromatic rings. The van der Waals surface area contributed by atoms with Gasteiger partial charge < -0.3 is 4.90 Å². The Hall–Kier alpha value is -1.09. The Bertz CT molecular complexity index is 442. The lowest BCUT2D eigenvalue weighted by atomic mass is 10.1. The van der Waals surface area contributed by atoms with Gasteiger partial charge in [-0.1, -0.05) is 47.1 Å². The number of hydrogen-bond donors (Lipinski definition) is 0. The first-order chi connectivity index (χ1) is 8.15. The van der Waals surface area contributed by atoms with Crippen LogP contribution in [0.25, 0.3) is 0 Å². The zero-order chi connectivity index (χ0) is 12.3. The Labute approximate surface area is 110 Å². The van der Waals surface area contributed by atoms with Crippen LogP contribution in [0.3, 0.4) is 0 Å². The zero-order valence-electron chi connectivity index (χ0n) is 9.90. The molecule has 0 aliphatic carbocycles. The first-order valence-electron chi connectivity index (χ1n) is 5.84. The lowest BCUT2D eigenvalue weighted by molar-refractivity contribution is -0.130. The minimum Gasteiger partial charge on any atom is -0.338 e. The Morgan fingerprint density at radius 2 is 2.35 bits per heavy atom. The third-order valence-electron chi connectivity index (χ3n) is 2.90. The molecule has 0 saturated carbocycles. The molecular weight excluding hydrogens is 278 g/mol. The van der Waals surface area contributed by atoms with Crippen molar-refractivity contribution in [2.24, 2.45) is 5.92 Å². The van der Waals surface area contributed by atoms with Gasteiger partial charge in [-0.15, -0.1) is 0 Å². The van der Waals surface area contributed by atoms with Crippen molar-refractivity contribution in [2.45, 2.75) is 13.3 Å². The van der Waals surface area contributed by atoms with Gasteiger partial charge in [0.1, 0.15) is 0 Å². The van der Waals surface area contributed by atoms with Crippen molar-refractivity contribution in [3.8, 4) is 0 Å². The molecule has 0 N–H and O–H groups in total. The average Bonchev–Trinajstić information content (AvgIpc) is 2.29. The van der Waals surface area contributed by atoms with E-state index >= 15 is 0 Å². The summed E-state index contributed by atoms with van der Waals surface area (Å²) in [7, 11) is 0. The molecule has 1 amide bonds. The van der Waals surface area contributed by atoms with Crippen molar-refractivity contribution in [3.05, 3.63) is 46.5 Å². The summed E-state index contributed by atoms with van der Waals surface area (Å²) in [5.41, 5.74) is 1.06. The molecule has 0 bridgehead atoms. The fourth-order valence-electron chi connectivity index (χ4n) is 2.04. The van der Waals surface area contributed by atoms with Crippen LogP contribution >= 0.6 is 15.9 Å². The number of rotatable bonds is 2. The maximum atomic E-state index is 12.1. The fourth-order valence-corrected chi connectivity index (χ4v) is 2.49. The average molecular weight is 294 g/mol. The van der Waals surface area contributed by atoms with Crippen LogP contribution in [0.5, 0.6) is 0 Å². The minimum absolute atomic E-state index is 0.208. The molecule has 3 heteroatoms. The summed E-state index contributed by atoms with van der Waals surface area (Å²) in [5, 5.41) is 0. The van der Waals surface area contributed by atoms with Crippen molar-refractivity contribution in [3.63, 3.8) is 0 Å². The highest BCUT2D eigenvalue weighted by Crippen LogP contribution is 2.14. The molecule has 0 radical (unpaired) electrons. The predicted molar refractivity (Wildman–Crippen MR) is 72.7 cm³/mol. The highest BCUT2D eigenvalue weighted by atomic mass is 79.9. The van der Waals surface area contributed by atoms with Crippen LogP contribution in [0.15, 0.2) is 40.9 Å². The highest BCUT2D eigenvalue weighted by molar-refractivity contribution is 9.10. The van der Waals surface area contributed by atoms with E-state index in [1.54, 1.807) is 0 Å². The smallest absolute Gasteiger partial charge is 0.227 e. The second-order valence-electron chi connectivity index (χ2n) is 4.51. The van der Waals surface area contributed by atoms with E-state index in [2.05, 4.69) is 35.0 Å². The molecule has 1 aromatic carbocycles. The number of benzene rings is 1. The van der Waals surface area contributed by atoms with E-state index in [0.717, 1.165) is 23.1 Å². The molecule has 1 aliphatic rings. The lowest BCUT2D eigenvalue weighted by Gasteiger charge is -2.27. The second-order valence-corrected chi connectivity index (χ2v) is 5.43. The summed E-state index contributed by atoms with van der Waals surface area (Å²) in [6.07, 6.45) is 4.73. The van der Waals surface area contributed by atoms with Gasteiger partial charge in [-0.05, 0) is 23.6 Å². The molecule has 1 aliphatic heterocycles. The summed E-state index contributed by atoms with van der Waals surface area (Å²) in [4.78, 5) is 14.0. The molecule has 90 valence electrons. The zero-order valence-corrected chi connectivity index (χ0v) is 11.5.